The molecule has 0 saturated carbocycles. The summed E-state index contributed by atoms with van der Waals surface area (Å²) in [5.41, 5.74) is 0. The first kappa shape index (κ1) is 81.2. The molecule has 0 amide bonds. The van der Waals surface area contributed by atoms with Gasteiger partial charge in [-0.3, -0.25) is 0 Å². The molecule has 0 aromatic carbocycles. The third kappa shape index (κ3) is 50.4. The van der Waals surface area contributed by atoms with Gasteiger partial charge in [-0.1, -0.05) is 0 Å². The van der Waals surface area contributed by atoms with E-state index >= 15 is 0 Å². The summed E-state index contributed by atoms with van der Waals surface area (Å²) in [5, 5.41) is 10.1. The Hall–Kier alpha value is 1.71. The largest absolute Gasteiger partial charge is 0.437 e. The standard InChI is InChI=1S/C18H49O11PSi5.C17H44O7Si5.C2H7O2P.2C2H4/c1-13-22-16-35(12,28-33(9,10)26-31(3,4)5)29-34(11,27-32(6,7)8)17-23-14-18(19)15-24-25-30(20)21-2;1-12-18-15-29(11,23-27(8,9)21-25(2,3)4)24-28(10,22-26(5,6)7)16-19-13-17-14-20-17;1-3-5-4-2;2*1-2/h18-20H,13-17H2,1-12H3;17H,12-16H2,1-11H3;5H,1-2H3;2*1-2H2. The summed E-state index contributed by atoms with van der Waals surface area (Å²) >= 11 is 0. The van der Waals surface area contributed by atoms with Crippen molar-refractivity contribution in [1.82, 2.24) is 0 Å². The highest BCUT2D eigenvalue weighted by molar-refractivity contribution is 7.40. The van der Waals surface area contributed by atoms with Crippen LogP contribution < -0.4 is 0 Å². The third-order valence-electron chi connectivity index (χ3n) is 7.52. The average Bonchev–Trinajstić information content (AvgIpc) is 4.02. The zero-order valence-corrected chi connectivity index (χ0v) is 62.1. The number of aliphatic hydroxyl groups excluding tert-OH is 1. The van der Waals surface area contributed by atoms with Crippen LogP contribution in [0.15, 0.2) is 26.3 Å². The van der Waals surface area contributed by atoms with E-state index in [4.69, 9.17) is 61.5 Å². The fourth-order valence-electron chi connectivity index (χ4n) is 6.90. The molecule has 0 aliphatic carbocycles. The van der Waals surface area contributed by atoms with Crippen molar-refractivity contribution in [3.63, 3.8) is 0 Å². The number of hydrogen-bond donors (Lipinski definition) is 2. The third-order valence-corrected chi connectivity index (χ3v) is 42.8. The number of ether oxygens (including phenoxy) is 5. The van der Waals surface area contributed by atoms with E-state index in [9.17, 15) is 10.00 Å². The number of hydrogen-bond acceptors (Lipinski definition) is 20. The van der Waals surface area contributed by atoms with Crippen molar-refractivity contribution in [3.05, 3.63) is 26.3 Å². The molecule has 1 fully saturated rings. The zero-order valence-electron chi connectivity index (χ0n) is 50.2. The van der Waals surface area contributed by atoms with Gasteiger partial charge in [0, 0.05) is 34.5 Å². The van der Waals surface area contributed by atoms with E-state index in [0.29, 0.717) is 38.5 Å². The van der Waals surface area contributed by atoms with Crippen molar-refractivity contribution in [2.24, 2.45) is 0 Å². The van der Waals surface area contributed by atoms with Gasteiger partial charge in [0.05, 0.1) is 44.7 Å². The lowest BCUT2D eigenvalue weighted by atomic mass is 10.4. The van der Waals surface area contributed by atoms with Gasteiger partial charge in [0.1, 0.15) is 18.8 Å². The highest BCUT2D eigenvalue weighted by atomic mass is 31.2. The van der Waals surface area contributed by atoms with Crippen molar-refractivity contribution in [1.29, 1.82) is 0 Å². The van der Waals surface area contributed by atoms with Crippen LogP contribution in [0.3, 0.4) is 0 Å². The monoisotopic (exact) mass is 1260 g/mol. The van der Waals surface area contributed by atoms with E-state index in [1.807, 2.05) is 40.0 Å². The SMILES string of the molecule is C=C.C=C.CCOC[Si](C)(O[Si](C)(C)O[Si](C)(C)C)O[Si](C)(COCC(O)COOP(O)OC)O[Si](C)(C)C.CCOC[Si](C)(O[Si](C)(C)O[Si](C)(C)C)O[Si](C)(COCC1CO1)O[Si](C)(C)C.COPOC. The lowest BCUT2D eigenvalue weighted by molar-refractivity contribution is -0.233. The Morgan fingerprint density at radius 1 is 0.507 bits per heavy atom. The normalized spacial score (nSPS) is 18.5. The molecular weight excluding hydrogens is 1160 g/mol. The van der Waals surface area contributed by atoms with E-state index < -0.39 is 99.3 Å². The number of rotatable bonds is 37. The summed E-state index contributed by atoms with van der Waals surface area (Å²) in [6.07, 6.45) is 0.712. The lowest BCUT2D eigenvalue weighted by Crippen LogP contribution is -2.64. The minimum atomic E-state index is -2.92. The Morgan fingerprint density at radius 3 is 1.12 bits per heavy atom. The number of aliphatic hydroxyl groups is 1. The summed E-state index contributed by atoms with van der Waals surface area (Å²) in [5.74, 6) is 0. The summed E-state index contributed by atoms with van der Waals surface area (Å²) in [4.78, 5) is 14.0. The quantitative estimate of drug-likeness (QED) is 0.0148. The molecule has 0 aromatic heterocycles. The predicted octanol–water partition coefficient (Wildman–Crippen LogP) is 10.4. The van der Waals surface area contributed by atoms with Gasteiger partial charge >= 0.3 is 60.0 Å². The molecule has 32 heteroatoms. The molecule has 0 aromatic rings. The molecule has 1 aliphatic rings. The Labute approximate surface area is 458 Å². The van der Waals surface area contributed by atoms with Gasteiger partial charge in [-0.25, -0.2) is 4.89 Å². The predicted molar refractivity (Wildman–Crippen MR) is 322 cm³/mol. The van der Waals surface area contributed by atoms with Gasteiger partial charge in [0.25, 0.3) is 0 Å². The second-order valence-corrected chi connectivity index (χ2v) is 63.0. The van der Waals surface area contributed by atoms with E-state index in [1.54, 1.807) is 14.2 Å². The smallest absolute Gasteiger partial charge is 0.359 e. The van der Waals surface area contributed by atoms with Gasteiger partial charge in [0.15, 0.2) is 42.3 Å². The van der Waals surface area contributed by atoms with Crippen LogP contribution in [0.25, 0.3) is 0 Å². The first-order valence-corrected chi connectivity index (χ1v) is 55.8. The van der Waals surface area contributed by atoms with Gasteiger partial charge < -0.3 is 80.2 Å². The topological polar surface area (TPSA) is 210 Å². The van der Waals surface area contributed by atoms with Crippen LogP contribution in [0.5, 0.6) is 0 Å². The van der Waals surface area contributed by atoms with Crippen LogP contribution in [0.1, 0.15) is 13.8 Å². The van der Waals surface area contributed by atoms with E-state index in [0.717, 1.165) is 6.61 Å². The molecule has 0 spiro atoms. The second-order valence-electron chi connectivity index (χ2n) is 21.8. The molecule has 0 bridgehead atoms. The Morgan fingerprint density at radius 2 is 0.836 bits per heavy atom. The van der Waals surface area contributed by atoms with Crippen molar-refractivity contribution >= 4 is 102 Å². The molecule has 7 unspecified atom stereocenters. The summed E-state index contributed by atoms with van der Waals surface area (Å²) in [6.45, 7) is 60.5. The number of epoxide rings is 1. The molecule has 7 atom stereocenters. The van der Waals surface area contributed by atoms with Crippen LogP contribution in [0, 0.1) is 0 Å². The molecule has 1 heterocycles. The van der Waals surface area contributed by atoms with Crippen molar-refractivity contribution in [2.75, 3.05) is 85.9 Å². The van der Waals surface area contributed by atoms with Gasteiger partial charge in [0.2, 0.25) is 0 Å². The zero-order chi connectivity index (χ0) is 58.2. The van der Waals surface area contributed by atoms with Crippen LogP contribution in [-0.4, -0.2) is 193 Å². The molecule has 1 rings (SSSR count). The van der Waals surface area contributed by atoms with E-state index in [-0.39, 0.29) is 34.6 Å². The van der Waals surface area contributed by atoms with Crippen molar-refractivity contribution in [3.8, 4) is 0 Å². The lowest BCUT2D eigenvalue weighted by Gasteiger charge is -2.43. The highest BCUT2D eigenvalue weighted by Crippen LogP contribution is 2.32. The minimum absolute atomic E-state index is 0.0235. The van der Waals surface area contributed by atoms with Crippen LogP contribution >= 0.6 is 17.6 Å². The van der Waals surface area contributed by atoms with Crippen LogP contribution in [0.4, 0.5) is 0 Å². The highest BCUT2D eigenvalue weighted by Gasteiger charge is 2.51. The Bertz CT molecular complexity index is 1390. The van der Waals surface area contributed by atoms with Gasteiger partial charge in [-0.05, 0) is 145 Å². The molecular formula is C41H108O20P2Si10. The van der Waals surface area contributed by atoms with Crippen molar-refractivity contribution in [2.45, 2.75) is 157 Å². The molecule has 2 N–H and O–H groups in total. The first-order valence-electron chi connectivity index (χ1n) is 24.5. The maximum Gasteiger partial charge on any atom is 0.359 e. The molecule has 20 nitrogen and oxygen atoms in total. The van der Waals surface area contributed by atoms with Gasteiger partial charge in [-0.2, -0.15) is 4.67 Å². The van der Waals surface area contributed by atoms with E-state index in [2.05, 4.69) is 149 Å². The Balaban J connectivity index is -0.000000566. The molecule has 442 valence electrons. The maximum absolute atomic E-state index is 10.1. The van der Waals surface area contributed by atoms with Gasteiger partial charge in [-0.15, -0.1) is 26.3 Å². The molecule has 1 aliphatic heterocycles. The summed E-state index contributed by atoms with van der Waals surface area (Å²) in [7, 11) is -20.9. The second kappa shape index (κ2) is 39.2. The molecule has 1 saturated heterocycles. The van der Waals surface area contributed by atoms with E-state index in [1.165, 1.54) is 7.11 Å². The van der Waals surface area contributed by atoms with Crippen molar-refractivity contribution < 1.29 is 89.7 Å². The fourth-order valence-corrected chi connectivity index (χ4v) is 52.3. The average molecular weight is 1260 g/mol. The minimum Gasteiger partial charge on any atom is -0.437 e. The molecule has 73 heavy (non-hydrogen) atoms. The fraction of sp³-hybridized carbons (Fsp3) is 0.902. The van der Waals surface area contributed by atoms with Crippen LogP contribution in [-0.2, 0) is 79.7 Å². The maximum atomic E-state index is 10.1. The summed E-state index contributed by atoms with van der Waals surface area (Å²) in [6, 6.07) is 0. The Kier molecular flexibility index (Phi) is 43.6. The molecule has 0 radical (unpaired) electrons. The first-order chi connectivity index (χ1) is 33.1. The summed E-state index contributed by atoms with van der Waals surface area (Å²) < 4.78 is 99.7. The van der Waals surface area contributed by atoms with Crippen LogP contribution in [0.2, 0.25) is 131 Å².